The Bertz CT molecular complexity index is 1350. The van der Waals surface area contributed by atoms with E-state index in [4.69, 9.17) is 9.47 Å². The summed E-state index contributed by atoms with van der Waals surface area (Å²) >= 11 is 0. The molecule has 1 aliphatic heterocycles. The predicted octanol–water partition coefficient (Wildman–Crippen LogP) is 16.2. The number of hydrogen-bond donors (Lipinski definition) is 6. The molecule has 0 aromatic rings. The number of unbranched alkanes of at least 4 members (excludes halogenated alkanes) is 36. The molecule has 0 radical (unpaired) electrons. The van der Waals surface area contributed by atoms with Crippen LogP contribution in [0.1, 0.15) is 290 Å². The van der Waals surface area contributed by atoms with Gasteiger partial charge in [-0.05, 0) is 77.0 Å². The van der Waals surface area contributed by atoms with E-state index in [0.717, 1.165) is 51.4 Å². The zero-order valence-corrected chi connectivity index (χ0v) is 48.1. The molecule has 1 rings (SSSR count). The molecule has 432 valence electrons. The highest BCUT2D eigenvalue weighted by atomic mass is 16.7. The minimum absolute atomic E-state index is 0.188. The third kappa shape index (κ3) is 42.9. The maximum absolute atomic E-state index is 13.1. The molecule has 74 heavy (non-hydrogen) atoms. The summed E-state index contributed by atoms with van der Waals surface area (Å²) in [5, 5.41) is 54.6. The highest BCUT2D eigenvalue weighted by Crippen LogP contribution is 2.23. The van der Waals surface area contributed by atoms with Crippen LogP contribution < -0.4 is 5.32 Å². The third-order valence-electron chi connectivity index (χ3n) is 14.8. The summed E-state index contributed by atoms with van der Waals surface area (Å²) in [7, 11) is 0. The van der Waals surface area contributed by atoms with Crippen molar-refractivity contribution in [3.63, 3.8) is 0 Å². The monoisotopic (exact) mass is 1040 g/mol. The second-order valence-electron chi connectivity index (χ2n) is 21.8. The Morgan fingerprint density at radius 2 is 0.811 bits per heavy atom. The van der Waals surface area contributed by atoms with Gasteiger partial charge in [-0.15, -0.1) is 0 Å². The van der Waals surface area contributed by atoms with Gasteiger partial charge in [0, 0.05) is 6.42 Å². The Morgan fingerprint density at radius 3 is 1.22 bits per heavy atom. The van der Waals surface area contributed by atoms with Crippen LogP contribution in [0.5, 0.6) is 0 Å². The van der Waals surface area contributed by atoms with Crippen LogP contribution in [0.3, 0.4) is 0 Å². The van der Waals surface area contributed by atoms with Crippen LogP contribution in [0, 0.1) is 0 Å². The van der Waals surface area contributed by atoms with Crippen LogP contribution in [0.25, 0.3) is 0 Å². The van der Waals surface area contributed by atoms with Crippen molar-refractivity contribution in [3.05, 3.63) is 60.8 Å². The Balaban J connectivity index is 2.20. The fourth-order valence-electron chi connectivity index (χ4n) is 9.81. The molecule has 1 heterocycles. The number of ether oxygens (including phenoxy) is 2. The smallest absolute Gasteiger partial charge is 0.220 e. The first kappa shape index (κ1) is 69.9. The number of carbonyl (C=O) groups excluding carboxylic acids is 1. The van der Waals surface area contributed by atoms with Crippen LogP contribution in [0.15, 0.2) is 60.8 Å². The van der Waals surface area contributed by atoms with Crippen LogP contribution in [-0.2, 0) is 14.3 Å². The molecule has 0 aromatic heterocycles. The van der Waals surface area contributed by atoms with E-state index in [2.05, 4.69) is 67.8 Å². The molecule has 7 atom stereocenters. The quantitative estimate of drug-likeness (QED) is 0.0261. The summed E-state index contributed by atoms with van der Waals surface area (Å²) in [6, 6.07) is -0.830. The lowest BCUT2D eigenvalue weighted by molar-refractivity contribution is -0.302. The van der Waals surface area contributed by atoms with Crippen molar-refractivity contribution in [2.24, 2.45) is 0 Å². The summed E-state index contributed by atoms with van der Waals surface area (Å²) in [4.78, 5) is 13.1. The van der Waals surface area contributed by atoms with Gasteiger partial charge < -0.3 is 40.3 Å². The molecule has 6 N–H and O–H groups in total. The fraction of sp³-hybridized carbons (Fsp3) is 0.831. The van der Waals surface area contributed by atoms with Crippen molar-refractivity contribution < 1.29 is 39.8 Å². The fourth-order valence-corrected chi connectivity index (χ4v) is 9.81. The largest absolute Gasteiger partial charge is 0.394 e. The SMILES string of the molecule is CCCCCCC/C=C\C/C=C\CCCCCCCCCCCCCCCCCCCC(=O)NC(COC1OC(CO)C(O)C(O)C1O)C(O)/C=C/CC/C=C/CC/C=C/CCCCCCCCCCCCCC. The molecule has 0 spiro atoms. The zero-order chi connectivity index (χ0) is 53.6. The van der Waals surface area contributed by atoms with E-state index in [1.807, 2.05) is 6.08 Å². The molecule has 7 unspecified atom stereocenters. The van der Waals surface area contributed by atoms with Gasteiger partial charge in [-0.25, -0.2) is 0 Å². The summed E-state index contributed by atoms with van der Waals surface area (Å²) in [6.07, 6.45) is 67.3. The Hall–Kier alpha value is -2.11. The second-order valence-corrected chi connectivity index (χ2v) is 21.8. The van der Waals surface area contributed by atoms with Gasteiger partial charge in [0.05, 0.1) is 25.4 Å². The van der Waals surface area contributed by atoms with Gasteiger partial charge in [-0.2, -0.15) is 0 Å². The Kier molecular flexibility index (Phi) is 51.3. The lowest BCUT2D eigenvalue weighted by atomic mass is 9.99. The molecule has 1 amide bonds. The summed E-state index contributed by atoms with van der Waals surface area (Å²) < 4.78 is 11.3. The van der Waals surface area contributed by atoms with Gasteiger partial charge in [0.25, 0.3) is 0 Å². The Labute approximate surface area is 456 Å². The molecule has 0 saturated carbocycles. The van der Waals surface area contributed by atoms with Crippen molar-refractivity contribution in [2.75, 3.05) is 13.2 Å². The Morgan fingerprint density at radius 1 is 0.459 bits per heavy atom. The maximum atomic E-state index is 13.1. The number of rotatable bonds is 54. The van der Waals surface area contributed by atoms with Gasteiger partial charge in [-0.3, -0.25) is 4.79 Å². The van der Waals surface area contributed by atoms with Gasteiger partial charge in [0.2, 0.25) is 5.91 Å². The van der Waals surface area contributed by atoms with Crippen LogP contribution in [-0.4, -0.2) is 87.5 Å². The molecule has 1 saturated heterocycles. The molecular weight excluding hydrogens is 923 g/mol. The first-order chi connectivity index (χ1) is 36.3. The summed E-state index contributed by atoms with van der Waals surface area (Å²) in [5.41, 5.74) is 0. The van der Waals surface area contributed by atoms with Gasteiger partial charge >= 0.3 is 0 Å². The van der Waals surface area contributed by atoms with Gasteiger partial charge in [0.15, 0.2) is 6.29 Å². The summed E-state index contributed by atoms with van der Waals surface area (Å²) in [5.74, 6) is -0.188. The molecular formula is C65H119NO8. The second kappa shape index (κ2) is 54.3. The van der Waals surface area contributed by atoms with Crippen molar-refractivity contribution in [3.8, 4) is 0 Å². The molecule has 1 aliphatic rings. The van der Waals surface area contributed by atoms with E-state index in [1.54, 1.807) is 6.08 Å². The predicted molar refractivity (Wildman–Crippen MR) is 313 cm³/mol. The minimum atomic E-state index is -1.58. The van der Waals surface area contributed by atoms with Crippen LogP contribution >= 0.6 is 0 Å². The number of hydrogen-bond acceptors (Lipinski definition) is 8. The highest BCUT2D eigenvalue weighted by Gasteiger charge is 2.44. The average molecular weight is 1040 g/mol. The lowest BCUT2D eigenvalue weighted by Gasteiger charge is -2.40. The van der Waals surface area contributed by atoms with Crippen LogP contribution in [0.4, 0.5) is 0 Å². The minimum Gasteiger partial charge on any atom is -0.394 e. The molecule has 0 aromatic carbocycles. The number of carbonyl (C=O) groups is 1. The number of nitrogens with one attached hydrogen (secondary N) is 1. The molecule has 1 fully saturated rings. The number of amides is 1. The van der Waals surface area contributed by atoms with E-state index >= 15 is 0 Å². The standard InChI is InChI=1S/C65H119NO8/c1-3-5-7-9-11-13-15-17-19-21-23-25-27-28-29-30-31-32-33-35-37-39-41-43-45-47-49-51-53-55-61(69)66-58(57-73-65-64(72)63(71)62(70)60(56-67)74-65)59(68)54-52-50-48-46-44-42-40-38-36-34-26-24-22-20-18-16-14-12-10-8-6-4-2/h15,17,21,23,36,38,44,46,52,54,58-60,62-65,67-68,70-72H,3-14,16,18-20,22,24-35,37,39-43,45,47-51,53,55-57H2,1-2H3,(H,66,69)/b17-15-,23-21-,38-36+,46-44+,54-52+. The summed E-state index contributed by atoms with van der Waals surface area (Å²) in [6.45, 7) is 3.77. The van der Waals surface area contributed by atoms with Gasteiger partial charge in [0.1, 0.15) is 24.4 Å². The lowest BCUT2D eigenvalue weighted by Crippen LogP contribution is -2.60. The van der Waals surface area contributed by atoms with E-state index in [9.17, 15) is 30.3 Å². The number of allylic oxidation sites excluding steroid dienone is 9. The van der Waals surface area contributed by atoms with E-state index in [-0.39, 0.29) is 12.5 Å². The van der Waals surface area contributed by atoms with Crippen molar-refractivity contribution in [2.45, 2.75) is 333 Å². The van der Waals surface area contributed by atoms with Crippen molar-refractivity contribution in [1.82, 2.24) is 5.32 Å². The van der Waals surface area contributed by atoms with Crippen molar-refractivity contribution >= 4 is 5.91 Å². The maximum Gasteiger partial charge on any atom is 0.220 e. The molecule has 9 heteroatoms. The molecule has 9 nitrogen and oxygen atoms in total. The number of aliphatic hydroxyl groups excluding tert-OH is 5. The third-order valence-corrected chi connectivity index (χ3v) is 14.8. The number of aliphatic hydroxyl groups is 5. The topological polar surface area (TPSA) is 149 Å². The highest BCUT2D eigenvalue weighted by molar-refractivity contribution is 5.76. The average Bonchev–Trinajstić information content (AvgIpc) is 3.40. The zero-order valence-electron chi connectivity index (χ0n) is 48.1. The molecule has 0 bridgehead atoms. The molecule has 0 aliphatic carbocycles. The first-order valence-electron chi connectivity index (χ1n) is 31.5. The van der Waals surface area contributed by atoms with Crippen LogP contribution in [0.2, 0.25) is 0 Å². The van der Waals surface area contributed by atoms with E-state index in [1.165, 1.54) is 218 Å². The van der Waals surface area contributed by atoms with E-state index in [0.29, 0.717) is 6.42 Å². The normalized spacial score (nSPS) is 19.4. The van der Waals surface area contributed by atoms with Gasteiger partial charge in [-0.1, -0.05) is 267 Å². The van der Waals surface area contributed by atoms with E-state index < -0.39 is 49.5 Å². The first-order valence-corrected chi connectivity index (χ1v) is 31.5. The van der Waals surface area contributed by atoms with Crippen molar-refractivity contribution in [1.29, 1.82) is 0 Å².